The zero-order valence-corrected chi connectivity index (χ0v) is 11.9. The number of hydrogen-bond donors (Lipinski definition) is 1. The molecule has 0 aliphatic heterocycles. The Morgan fingerprint density at radius 2 is 2.00 bits per heavy atom. The van der Waals surface area contributed by atoms with Crippen molar-refractivity contribution < 1.29 is 0 Å². The molecule has 1 N–H and O–H groups in total. The summed E-state index contributed by atoms with van der Waals surface area (Å²) in [7, 11) is 4.25. The Labute approximate surface area is 104 Å². The molecular formula is C13H24N2S. The van der Waals surface area contributed by atoms with Crippen LogP contribution in [0.4, 0.5) is 0 Å². The number of hydrogen-bond acceptors (Lipinski definition) is 3. The zero-order valence-electron chi connectivity index (χ0n) is 11.1. The lowest BCUT2D eigenvalue weighted by molar-refractivity contribution is 0.355. The highest BCUT2D eigenvalue weighted by Gasteiger charge is 2.10. The Balaban J connectivity index is 2.36. The Morgan fingerprint density at radius 1 is 1.31 bits per heavy atom. The Morgan fingerprint density at radius 3 is 2.50 bits per heavy atom. The van der Waals surface area contributed by atoms with Crippen LogP contribution in [-0.2, 0) is 0 Å². The summed E-state index contributed by atoms with van der Waals surface area (Å²) in [5.74, 6) is 0. The molecule has 0 spiro atoms. The van der Waals surface area contributed by atoms with Gasteiger partial charge in [0.15, 0.2) is 0 Å². The maximum absolute atomic E-state index is 3.65. The smallest absolute Gasteiger partial charge is 0.0388 e. The lowest BCUT2D eigenvalue weighted by Gasteiger charge is -2.20. The maximum atomic E-state index is 3.65. The van der Waals surface area contributed by atoms with E-state index < -0.39 is 0 Å². The second-order valence-corrected chi connectivity index (χ2v) is 6.15. The number of aryl methyl sites for hydroxylation is 1. The second-order valence-electron chi connectivity index (χ2n) is 4.83. The summed E-state index contributed by atoms with van der Waals surface area (Å²) in [6.07, 6.45) is 1.20. The largest absolute Gasteiger partial charge is 0.309 e. The van der Waals surface area contributed by atoms with Crippen molar-refractivity contribution in [3.63, 3.8) is 0 Å². The monoisotopic (exact) mass is 240 g/mol. The molecule has 0 radical (unpaired) electrons. The molecule has 0 saturated heterocycles. The van der Waals surface area contributed by atoms with E-state index in [9.17, 15) is 0 Å². The van der Waals surface area contributed by atoms with Crippen LogP contribution >= 0.6 is 11.3 Å². The summed E-state index contributed by atoms with van der Waals surface area (Å²) in [6, 6.07) is 5.47. The van der Waals surface area contributed by atoms with Gasteiger partial charge in [-0.1, -0.05) is 0 Å². The van der Waals surface area contributed by atoms with Gasteiger partial charge in [-0.3, -0.25) is 0 Å². The molecule has 16 heavy (non-hydrogen) atoms. The van der Waals surface area contributed by atoms with Gasteiger partial charge in [0.05, 0.1) is 0 Å². The number of rotatable bonds is 6. The second kappa shape index (κ2) is 6.38. The van der Waals surface area contributed by atoms with Crippen molar-refractivity contribution in [1.29, 1.82) is 0 Å². The Kier molecular flexibility index (Phi) is 5.46. The van der Waals surface area contributed by atoms with Gasteiger partial charge in [-0.25, -0.2) is 0 Å². The van der Waals surface area contributed by atoms with Gasteiger partial charge in [0.1, 0.15) is 0 Å². The third-order valence-corrected chi connectivity index (χ3v) is 3.92. The predicted octanol–water partition coefficient (Wildman–Crippen LogP) is 3.05. The fourth-order valence-electron chi connectivity index (χ4n) is 1.73. The van der Waals surface area contributed by atoms with Crippen LogP contribution in [0.3, 0.4) is 0 Å². The minimum Gasteiger partial charge on any atom is -0.309 e. The van der Waals surface area contributed by atoms with E-state index in [-0.39, 0.29) is 0 Å². The Hall–Kier alpha value is -0.380. The number of nitrogens with one attached hydrogen (secondary N) is 1. The number of nitrogens with zero attached hydrogens (tertiary/aromatic N) is 1. The summed E-state index contributed by atoms with van der Waals surface area (Å²) >= 11 is 1.89. The molecule has 3 heteroatoms. The van der Waals surface area contributed by atoms with Crippen LogP contribution in [0.1, 0.15) is 36.1 Å². The average molecular weight is 240 g/mol. The molecule has 0 bridgehead atoms. The van der Waals surface area contributed by atoms with Gasteiger partial charge < -0.3 is 10.2 Å². The van der Waals surface area contributed by atoms with Crippen LogP contribution in [0.5, 0.6) is 0 Å². The predicted molar refractivity (Wildman–Crippen MR) is 73.2 cm³/mol. The molecule has 1 heterocycles. The summed E-state index contributed by atoms with van der Waals surface area (Å²) < 4.78 is 0. The van der Waals surface area contributed by atoms with Crippen molar-refractivity contribution in [1.82, 2.24) is 10.2 Å². The first-order chi connectivity index (χ1) is 7.49. The average Bonchev–Trinajstić information content (AvgIpc) is 2.62. The van der Waals surface area contributed by atoms with Crippen molar-refractivity contribution in [2.75, 3.05) is 20.6 Å². The normalized spacial score (nSPS) is 15.4. The third-order valence-electron chi connectivity index (χ3n) is 2.73. The van der Waals surface area contributed by atoms with Crippen LogP contribution in [0.15, 0.2) is 12.1 Å². The quantitative estimate of drug-likeness (QED) is 0.822. The van der Waals surface area contributed by atoms with Gasteiger partial charge in [-0.15, -0.1) is 11.3 Å². The van der Waals surface area contributed by atoms with E-state index in [4.69, 9.17) is 0 Å². The van der Waals surface area contributed by atoms with Crippen LogP contribution in [-0.4, -0.2) is 31.6 Å². The molecule has 2 unspecified atom stereocenters. The zero-order chi connectivity index (χ0) is 12.1. The minimum absolute atomic E-state index is 0.468. The van der Waals surface area contributed by atoms with Crippen molar-refractivity contribution in [2.45, 2.75) is 39.3 Å². The first-order valence-corrected chi connectivity index (χ1v) is 6.78. The highest BCUT2D eigenvalue weighted by atomic mass is 32.1. The van der Waals surface area contributed by atoms with Crippen molar-refractivity contribution in [3.05, 3.63) is 21.9 Å². The van der Waals surface area contributed by atoms with E-state index in [1.54, 1.807) is 0 Å². The lowest BCUT2D eigenvalue weighted by atomic mass is 10.2. The summed E-state index contributed by atoms with van der Waals surface area (Å²) in [5.41, 5.74) is 0. The molecule has 1 aromatic heterocycles. The molecule has 0 aromatic carbocycles. The standard InChI is InChI=1S/C13H24N2S/c1-10(8-9-15(4)5)14-12(3)13-7-6-11(2)16-13/h6-7,10,12,14H,8-9H2,1-5H3. The molecule has 0 fully saturated rings. The first-order valence-electron chi connectivity index (χ1n) is 5.96. The lowest BCUT2D eigenvalue weighted by Crippen LogP contribution is -2.31. The third kappa shape index (κ3) is 4.64. The van der Waals surface area contributed by atoms with Crippen LogP contribution < -0.4 is 5.32 Å². The molecule has 1 rings (SSSR count). The first kappa shape index (κ1) is 13.7. The molecule has 0 amide bonds. The summed E-state index contributed by atoms with van der Waals surface area (Å²) in [5, 5.41) is 3.65. The van der Waals surface area contributed by atoms with Gasteiger partial charge in [0, 0.05) is 21.8 Å². The SMILES string of the molecule is Cc1ccc(C(C)NC(C)CCN(C)C)s1. The van der Waals surface area contributed by atoms with E-state index in [1.165, 1.54) is 16.2 Å². The summed E-state index contributed by atoms with van der Waals surface area (Å²) in [6.45, 7) is 7.82. The van der Waals surface area contributed by atoms with E-state index in [0.29, 0.717) is 12.1 Å². The van der Waals surface area contributed by atoms with E-state index in [2.05, 4.69) is 57.2 Å². The van der Waals surface area contributed by atoms with Gasteiger partial charge in [0.25, 0.3) is 0 Å². The van der Waals surface area contributed by atoms with Crippen molar-refractivity contribution in [2.24, 2.45) is 0 Å². The fourth-order valence-corrected chi connectivity index (χ4v) is 2.62. The minimum atomic E-state index is 0.468. The topological polar surface area (TPSA) is 15.3 Å². The van der Waals surface area contributed by atoms with Crippen molar-refractivity contribution in [3.8, 4) is 0 Å². The highest BCUT2D eigenvalue weighted by Crippen LogP contribution is 2.22. The Bertz CT molecular complexity index is 307. The van der Waals surface area contributed by atoms with E-state index in [0.717, 1.165) is 6.54 Å². The van der Waals surface area contributed by atoms with Gasteiger partial charge in [-0.2, -0.15) is 0 Å². The fraction of sp³-hybridized carbons (Fsp3) is 0.692. The van der Waals surface area contributed by atoms with Crippen LogP contribution in [0.25, 0.3) is 0 Å². The van der Waals surface area contributed by atoms with E-state index >= 15 is 0 Å². The molecule has 0 aliphatic carbocycles. The summed E-state index contributed by atoms with van der Waals surface area (Å²) in [4.78, 5) is 5.07. The maximum Gasteiger partial charge on any atom is 0.0388 e. The molecule has 2 nitrogen and oxygen atoms in total. The van der Waals surface area contributed by atoms with Crippen molar-refractivity contribution >= 4 is 11.3 Å². The number of thiophene rings is 1. The van der Waals surface area contributed by atoms with Gasteiger partial charge >= 0.3 is 0 Å². The molecule has 1 aromatic rings. The molecule has 0 aliphatic rings. The van der Waals surface area contributed by atoms with Gasteiger partial charge in [-0.05, 0) is 60.0 Å². The highest BCUT2D eigenvalue weighted by molar-refractivity contribution is 7.12. The molecule has 2 atom stereocenters. The van der Waals surface area contributed by atoms with E-state index in [1.807, 2.05) is 11.3 Å². The molecule has 92 valence electrons. The molecule has 0 saturated carbocycles. The molecular weight excluding hydrogens is 216 g/mol. The van der Waals surface area contributed by atoms with Gasteiger partial charge in [0.2, 0.25) is 0 Å². The van der Waals surface area contributed by atoms with Crippen LogP contribution in [0.2, 0.25) is 0 Å². The van der Waals surface area contributed by atoms with Crippen LogP contribution in [0, 0.1) is 6.92 Å².